The molecular formula is C15H16ClNOS. The lowest BCUT2D eigenvalue weighted by atomic mass is 10.1. The lowest BCUT2D eigenvalue weighted by molar-refractivity contribution is 0.405. The van der Waals surface area contributed by atoms with E-state index in [1.807, 2.05) is 42.5 Å². The van der Waals surface area contributed by atoms with Crippen molar-refractivity contribution < 1.29 is 4.74 Å². The number of rotatable bonds is 5. The van der Waals surface area contributed by atoms with E-state index in [9.17, 15) is 0 Å². The summed E-state index contributed by atoms with van der Waals surface area (Å²) in [7, 11) is 1.68. The van der Waals surface area contributed by atoms with E-state index in [2.05, 4.69) is 0 Å². The molecule has 4 heteroatoms. The summed E-state index contributed by atoms with van der Waals surface area (Å²) >= 11 is 7.96. The van der Waals surface area contributed by atoms with Crippen LogP contribution in [0.2, 0.25) is 5.02 Å². The van der Waals surface area contributed by atoms with E-state index in [0.29, 0.717) is 6.54 Å². The first kappa shape index (κ1) is 14.3. The van der Waals surface area contributed by atoms with Crippen molar-refractivity contribution in [3.8, 4) is 5.75 Å². The van der Waals surface area contributed by atoms with Gasteiger partial charge in [0.15, 0.2) is 0 Å². The van der Waals surface area contributed by atoms with Crippen LogP contribution < -0.4 is 10.5 Å². The first-order chi connectivity index (χ1) is 9.24. The van der Waals surface area contributed by atoms with Gasteiger partial charge in [0, 0.05) is 22.2 Å². The molecule has 0 spiro atoms. The Kier molecular flexibility index (Phi) is 5.14. The quantitative estimate of drug-likeness (QED) is 0.843. The summed E-state index contributed by atoms with van der Waals surface area (Å²) in [5.41, 5.74) is 7.75. The Morgan fingerprint density at radius 3 is 2.68 bits per heavy atom. The predicted octanol–water partition coefficient (Wildman–Crippen LogP) is 4.10. The van der Waals surface area contributed by atoms with Gasteiger partial charge in [-0.15, -0.1) is 11.8 Å². The normalized spacial score (nSPS) is 10.5. The second-order valence-corrected chi connectivity index (χ2v) is 5.49. The van der Waals surface area contributed by atoms with Crippen LogP contribution in [0.25, 0.3) is 0 Å². The zero-order valence-electron chi connectivity index (χ0n) is 10.7. The van der Waals surface area contributed by atoms with Crippen LogP contribution in [0.5, 0.6) is 5.75 Å². The van der Waals surface area contributed by atoms with Crippen molar-refractivity contribution in [2.75, 3.05) is 7.11 Å². The molecule has 0 saturated heterocycles. The zero-order valence-corrected chi connectivity index (χ0v) is 12.3. The minimum absolute atomic E-state index is 0.514. The summed E-state index contributed by atoms with van der Waals surface area (Å²) in [5.74, 6) is 1.70. The SMILES string of the molecule is COc1ccccc1SCc1ccc(CN)cc1Cl. The Labute approximate surface area is 122 Å². The topological polar surface area (TPSA) is 35.2 Å². The van der Waals surface area contributed by atoms with Crippen molar-refractivity contribution in [1.29, 1.82) is 0 Å². The second kappa shape index (κ2) is 6.85. The van der Waals surface area contributed by atoms with Gasteiger partial charge >= 0.3 is 0 Å². The van der Waals surface area contributed by atoms with Gasteiger partial charge in [-0.25, -0.2) is 0 Å². The molecule has 2 N–H and O–H groups in total. The molecule has 2 rings (SSSR count). The van der Waals surface area contributed by atoms with E-state index >= 15 is 0 Å². The Morgan fingerprint density at radius 2 is 2.00 bits per heavy atom. The van der Waals surface area contributed by atoms with Crippen LogP contribution in [-0.2, 0) is 12.3 Å². The van der Waals surface area contributed by atoms with Crippen LogP contribution in [0.4, 0.5) is 0 Å². The summed E-state index contributed by atoms with van der Waals surface area (Å²) in [6, 6.07) is 14.0. The minimum Gasteiger partial charge on any atom is -0.496 e. The monoisotopic (exact) mass is 293 g/mol. The molecule has 0 atom stereocenters. The molecule has 0 heterocycles. The summed E-state index contributed by atoms with van der Waals surface area (Å²) in [6.07, 6.45) is 0. The van der Waals surface area contributed by atoms with Gasteiger partial charge < -0.3 is 10.5 Å². The van der Waals surface area contributed by atoms with Crippen LogP contribution >= 0.6 is 23.4 Å². The van der Waals surface area contributed by atoms with Gasteiger partial charge in [-0.2, -0.15) is 0 Å². The van der Waals surface area contributed by atoms with E-state index in [1.165, 1.54) is 0 Å². The van der Waals surface area contributed by atoms with Crippen molar-refractivity contribution in [1.82, 2.24) is 0 Å². The van der Waals surface area contributed by atoms with Crippen molar-refractivity contribution in [3.63, 3.8) is 0 Å². The molecule has 0 saturated carbocycles. The Morgan fingerprint density at radius 1 is 1.21 bits per heavy atom. The molecule has 0 aliphatic heterocycles. The molecule has 2 aromatic rings. The third-order valence-corrected chi connectivity index (χ3v) is 4.26. The number of ether oxygens (including phenoxy) is 1. The van der Waals surface area contributed by atoms with Gasteiger partial charge in [0.2, 0.25) is 0 Å². The van der Waals surface area contributed by atoms with Gasteiger partial charge in [-0.1, -0.05) is 35.9 Å². The molecule has 19 heavy (non-hydrogen) atoms. The fraction of sp³-hybridized carbons (Fsp3) is 0.200. The zero-order chi connectivity index (χ0) is 13.7. The maximum absolute atomic E-state index is 6.25. The highest BCUT2D eigenvalue weighted by molar-refractivity contribution is 7.98. The van der Waals surface area contributed by atoms with Crippen LogP contribution in [0.15, 0.2) is 47.4 Å². The van der Waals surface area contributed by atoms with Crippen molar-refractivity contribution in [2.45, 2.75) is 17.2 Å². The first-order valence-corrected chi connectivity index (χ1v) is 7.34. The van der Waals surface area contributed by atoms with Gasteiger partial charge in [0.1, 0.15) is 5.75 Å². The maximum Gasteiger partial charge on any atom is 0.132 e. The summed E-state index contributed by atoms with van der Waals surface area (Å²) in [4.78, 5) is 1.11. The van der Waals surface area contributed by atoms with Crippen molar-refractivity contribution in [3.05, 3.63) is 58.6 Å². The molecule has 0 fully saturated rings. The van der Waals surface area contributed by atoms with Crippen molar-refractivity contribution >= 4 is 23.4 Å². The fourth-order valence-corrected chi connectivity index (χ4v) is 3.11. The number of methoxy groups -OCH3 is 1. The standard InChI is InChI=1S/C15H16ClNOS/c1-18-14-4-2-3-5-15(14)19-10-12-7-6-11(9-17)8-13(12)16/h2-8H,9-10,17H2,1H3. The third kappa shape index (κ3) is 3.66. The number of hydrogen-bond acceptors (Lipinski definition) is 3. The molecule has 2 aromatic carbocycles. The summed E-state index contributed by atoms with van der Waals surface area (Å²) in [5, 5.41) is 0.769. The second-order valence-electron chi connectivity index (χ2n) is 4.07. The van der Waals surface area contributed by atoms with E-state index in [1.54, 1.807) is 18.9 Å². The molecule has 0 bridgehead atoms. The summed E-state index contributed by atoms with van der Waals surface area (Å²) in [6.45, 7) is 0.514. The summed E-state index contributed by atoms with van der Waals surface area (Å²) < 4.78 is 5.33. The largest absolute Gasteiger partial charge is 0.496 e. The van der Waals surface area contributed by atoms with Crippen LogP contribution in [0, 0.1) is 0 Å². The average Bonchev–Trinajstić information content (AvgIpc) is 2.46. The Hall–Kier alpha value is -1.16. The van der Waals surface area contributed by atoms with Crippen LogP contribution in [0.3, 0.4) is 0 Å². The van der Waals surface area contributed by atoms with Crippen molar-refractivity contribution in [2.24, 2.45) is 5.73 Å². The molecule has 2 nitrogen and oxygen atoms in total. The highest BCUT2D eigenvalue weighted by Crippen LogP contribution is 2.33. The molecule has 0 amide bonds. The lowest BCUT2D eigenvalue weighted by Crippen LogP contribution is -1.96. The molecule has 0 radical (unpaired) electrons. The molecule has 0 aliphatic carbocycles. The first-order valence-electron chi connectivity index (χ1n) is 5.97. The minimum atomic E-state index is 0.514. The number of thioether (sulfide) groups is 1. The highest BCUT2D eigenvalue weighted by Gasteiger charge is 2.06. The molecule has 0 aliphatic rings. The van der Waals surface area contributed by atoms with E-state index in [4.69, 9.17) is 22.1 Å². The number of hydrogen-bond donors (Lipinski definition) is 1. The Bertz CT molecular complexity index is 560. The van der Waals surface area contributed by atoms with Gasteiger partial charge in [0.25, 0.3) is 0 Å². The van der Waals surface area contributed by atoms with Gasteiger partial charge in [0.05, 0.1) is 7.11 Å². The lowest BCUT2D eigenvalue weighted by Gasteiger charge is -2.09. The van der Waals surface area contributed by atoms with E-state index < -0.39 is 0 Å². The van der Waals surface area contributed by atoms with E-state index in [0.717, 1.165) is 32.5 Å². The number of nitrogens with two attached hydrogens (primary N) is 1. The van der Waals surface area contributed by atoms with Crippen LogP contribution in [0.1, 0.15) is 11.1 Å². The van der Waals surface area contributed by atoms with E-state index in [-0.39, 0.29) is 0 Å². The molecular weight excluding hydrogens is 278 g/mol. The van der Waals surface area contributed by atoms with Crippen LogP contribution in [-0.4, -0.2) is 7.11 Å². The highest BCUT2D eigenvalue weighted by atomic mass is 35.5. The molecule has 0 unspecified atom stereocenters. The third-order valence-electron chi connectivity index (χ3n) is 2.81. The van der Waals surface area contributed by atoms with Gasteiger partial charge in [-0.05, 0) is 29.3 Å². The predicted molar refractivity (Wildman–Crippen MR) is 81.9 cm³/mol. The Balaban J connectivity index is 2.10. The number of benzene rings is 2. The van der Waals surface area contributed by atoms with Gasteiger partial charge in [-0.3, -0.25) is 0 Å². The molecule has 100 valence electrons. The number of para-hydroxylation sites is 1. The fourth-order valence-electron chi connectivity index (χ4n) is 1.73. The number of halogens is 1. The molecule has 0 aromatic heterocycles. The smallest absolute Gasteiger partial charge is 0.132 e. The average molecular weight is 294 g/mol. The maximum atomic E-state index is 6.25.